The van der Waals surface area contributed by atoms with Gasteiger partial charge in [0.1, 0.15) is 5.82 Å². The fraction of sp³-hybridized carbons (Fsp3) is 0.500. The lowest BCUT2D eigenvalue weighted by Gasteiger charge is -2.19. The minimum absolute atomic E-state index is 0.0599. The van der Waals surface area contributed by atoms with Gasteiger partial charge < -0.3 is 15.3 Å². The van der Waals surface area contributed by atoms with Crippen molar-refractivity contribution in [3.63, 3.8) is 0 Å². The number of aromatic nitrogens is 1. The third-order valence-electron chi connectivity index (χ3n) is 3.01. The van der Waals surface area contributed by atoms with Gasteiger partial charge in [0.2, 0.25) is 5.91 Å². The van der Waals surface area contributed by atoms with E-state index >= 15 is 0 Å². The van der Waals surface area contributed by atoms with Crippen molar-refractivity contribution in [1.29, 1.82) is 0 Å². The van der Waals surface area contributed by atoms with Crippen LogP contribution >= 0.6 is 0 Å². The first-order chi connectivity index (χ1) is 9.35. The smallest absolute Gasteiger partial charge is 0.335 e. The average Bonchev–Trinajstić information content (AvgIpc) is 2.43. The molecular formula is C14H21N3O3. The van der Waals surface area contributed by atoms with Crippen LogP contribution in [-0.2, 0) is 4.79 Å². The molecule has 0 unspecified atom stereocenters. The van der Waals surface area contributed by atoms with Crippen LogP contribution in [0.4, 0.5) is 5.82 Å². The van der Waals surface area contributed by atoms with Crippen LogP contribution in [0.15, 0.2) is 12.1 Å². The fourth-order valence-electron chi connectivity index (χ4n) is 1.66. The predicted octanol–water partition coefficient (Wildman–Crippen LogP) is 1.48. The molecule has 0 radical (unpaired) electrons. The van der Waals surface area contributed by atoms with Crippen molar-refractivity contribution in [2.45, 2.75) is 26.2 Å². The second-order valence-corrected chi connectivity index (χ2v) is 4.94. The number of hydrogen-bond acceptors (Lipinski definition) is 4. The third kappa shape index (κ3) is 4.22. The summed E-state index contributed by atoms with van der Waals surface area (Å²) in [6.45, 7) is 4.40. The molecule has 110 valence electrons. The molecule has 0 saturated heterocycles. The number of pyridine rings is 1. The molecule has 20 heavy (non-hydrogen) atoms. The molecule has 1 heterocycles. The van der Waals surface area contributed by atoms with Gasteiger partial charge in [-0.3, -0.25) is 4.79 Å². The van der Waals surface area contributed by atoms with Gasteiger partial charge in [-0.15, -0.1) is 0 Å². The first kappa shape index (κ1) is 15.9. The van der Waals surface area contributed by atoms with Crippen LogP contribution in [0.5, 0.6) is 0 Å². The van der Waals surface area contributed by atoms with E-state index in [-0.39, 0.29) is 17.4 Å². The highest BCUT2D eigenvalue weighted by Crippen LogP contribution is 2.19. The summed E-state index contributed by atoms with van der Waals surface area (Å²) in [7, 11) is 3.38. The van der Waals surface area contributed by atoms with Crippen molar-refractivity contribution in [2.75, 3.05) is 25.5 Å². The van der Waals surface area contributed by atoms with E-state index in [1.165, 1.54) is 6.07 Å². The Morgan fingerprint density at radius 1 is 1.40 bits per heavy atom. The number of carboxylic acids is 1. The lowest BCUT2D eigenvalue weighted by molar-refractivity contribution is -0.120. The third-order valence-corrected chi connectivity index (χ3v) is 3.01. The number of nitrogens with zero attached hydrogens (tertiary/aromatic N) is 2. The normalized spacial score (nSPS) is 10.4. The maximum absolute atomic E-state index is 11.2. The van der Waals surface area contributed by atoms with Crippen molar-refractivity contribution in [3.05, 3.63) is 23.4 Å². The molecule has 1 aromatic heterocycles. The van der Waals surface area contributed by atoms with Crippen molar-refractivity contribution < 1.29 is 14.7 Å². The van der Waals surface area contributed by atoms with Gasteiger partial charge in [-0.2, -0.15) is 0 Å². The number of carboxylic acid groups (broad SMARTS) is 1. The van der Waals surface area contributed by atoms with E-state index in [1.54, 1.807) is 25.1 Å². The first-order valence-corrected chi connectivity index (χ1v) is 6.52. The summed E-state index contributed by atoms with van der Waals surface area (Å²) in [5, 5.41) is 11.7. The number of rotatable bonds is 6. The van der Waals surface area contributed by atoms with Gasteiger partial charge in [-0.25, -0.2) is 9.78 Å². The Hall–Kier alpha value is -2.11. The average molecular weight is 279 g/mol. The zero-order chi connectivity index (χ0) is 15.3. The number of hydrogen-bond donors (Lipinski definition) is 2. The van der Waals surface area contributed by atoms with E-state index in [1.807, 2.05) is 13.8 Å². The van der Waals surface area contributed by atoms with Crippen LogP contribution in [0.2, 0.25) is 0 Å². The van der Waals surface area contributed by atoms with Gasteiger partial charge in [0, 0.05) is 32.8 Å². The van der Waals surface area contributed by atoms with Crippen LogP contribution in [0.3, 0.4) is 0 Å². The molecule has 2 N–H and O–H groups in total. The number of carbonyl (C=O) groups is 2. The summed E-state index contributed by atoms with van der Waals surface area (Å²) in [4.78, 5) is 28.6. The molecule has 1 aromatic rings. The molecule has 0 bridgehead atoms. The Balaban J connectivity index is 2.97. The van der Waals surface area contributed by atoms with Gasteiger partial charge >= 0.3 is 5.97 Å². The molecule has 0 aromatic carbocycles. The first-order valence-electron chi connectivity index (χ1n) is 6.52. The van der Waals surface area contributed by atoms with Gasteiger partial charge in [-0.1, -0.05) is 13.8 Å². The topological polar surface area (TPSA) is 82.5 Å². The van der Waals surface area contributed by atoms with Crippen LogP contribution in [0.1, 0.15) is 42.2 Å². The van der Waals surface area contributed by atoms with Crippen molar-refractivity contribution in [3.8, 4) is 0 Å². The Labute approximate surface area is 118 Å². The fourth-order valence-corrected chi connectivity index (χ4v) is 1.66. The van der Waals surface area contributed by atoms with Crippen molar-refractivity contribution >= 4 is 17.7 Å². The summed E-state index contributed by atoms with van der Waals surface area (Å²) in [6, 6.07) is 3.11. The SMILES string of the molecule is CNC(=O)CCN(C)c1cc(C(=O)O)cc(C(C)C)n1. The van der Waals surface area contributed by atoms with Crippen molar-refractivity contribution in [1.82, 2.24) is 10.3 Å². The van der Waals surface area contributed by atoms with Crippen LogP contribution < -0.4 is 10.2 Å². The van der Waals surface area contributed by atoms with Gasteiger partial charge in [0.15, 0.2) is 0 Å². The summed E-state index contributed by atoms with van der Waals surface area (Å²) in [5.41, 5.74) is 0.942. The lowest BCUT2D eigenvalue weighted by Crippen LogP contribution is -2.27. The van der Waals surface area contributed by atoms with Gasteiger partial charge in [0.25, 0.3) is 0 Å². The van der Waals surface area contributed by atoms with Crippen molar-refractivity contribution in [2.24, 2.45) is 0 Å². The maximum atomic E-state index is 11.2. The van der Waals surface area contributed by atoms with E-state index < -0.39 is 5.97 Å². The Morgan fingerprint density at radius 3 is 2.55 bits per heavy atom. The molecule has 0 saturated carbocycles. The molecular weight excluding hydrogens is 258 g/mol. The number of anilines is 1. The standard InChI is InChI=1S/C14H21N3O3/c1-9(2)11-7-10(14(19)20)8-12(16-11)17(4)6-5-13(18)15-3/h7-9H,5-6H2,1-4H3,(H,15,18)(H,19,20). The molecule has 0 spiro atoms. The summed E-state index contributed by atoms with van der Waals surface area (Å²) >= 11 is 0. The number of amides is 1. The van der Waals surface area contributed by atoms with Crippen LogP contribution in [0, 0.1) is 0 Å². The molecule has 0 aliphatic heterocycles. The second kappa shape index (κ2) is 6.88. The Kier molecular flexibility index (Phi) is 5.49. The van der Waals surface area contributed by atoms with E-state index in [2.05, 4.69) is 10.3 Å². The van der Waals surface area contributed by atoms with E-state index in [4.69, 9.17) is 5.11 Å². The molecule has 6 heteroatoms. The van der Waals surface area contributed by atoms with E-state index in [0.717, 1.165) is 5.69 Å². The molecule has 0 fully saturated rings. The Morgan fingerprint density at radius 2 is 2.05 bits per heavy atom. The molecule has 1 rings (SSSR count). The largest absolute Gasteiger partial charge is 0.478 e. The molecule has 1 amide bonds. The summed E-state index contributed by atoms with van der Waals surface area (Å²) in [5.74, 6) is -0.330. The lowest BCUT2D eigenvalue weighted by atomic mass is 10.1. The quantitative estimate of drug-likeness (QED) is 0.824. The highest BCUT2D eigenvalue weighted by molar-refractivity contribution is 5.88. The molecule has 0 aliphatic rings. The molecule has 0 atom stereocenters. The summed E-state index contributed by atoms with van der Waals surface area (Å²) < 4.78 is 0. The number of nitrogens with one attached hydrogen (secondary N) is 1. The van der Waals surface area contributed by atoms with Crippen LogP contribution in [-0.4, -0.2) is 42.6 Å². The van der Waals surface area contributed by atoms with E-state index in [0.29, 0.717) is 18.8 Å². The predicted molar refractivity (Wildman–Crippen MR) is 77.2 cm³/mol. The highest BCUT2D eigenvalue weighted by atomic mass is 16.4. The maximum Gasteiger partial charge on any atom is 0.335 e. The zero-order valence-corrected chi connectivity index (χ0v) is 12.3. The van der Waals surface area contributed by atoms with Gasteiger partial charge in [0.05, 0.1) is 5.56 Å². The van der Waals surface area contributed by atoms with Gasteiger partial charge in [-0.05, 0) is 18.1 Å². The number of carbonyl (C=O) groups excluding carboxylic acids is 1. The monoisotopic (exact) mass is 279 g/mol. The second-order valence-electron chi connectivity index (χ2n) is 4.94. The van der Waals surface area contributed by atoms with Crippen LogP contribution in [0.25, 0.3) is 0 Å². The minimum Gasteiger partial charge on any atom is -0.478 e. The Bertz CT molecular complexity index is 500. The number of aromatic carboxylic acids is 1. The zero-order valence-electron chi connectivity index (χ0n) is 12.3. The summed E-state index contributed by atoms with van der Waals surface area (Å²) in [6.07, 6.45) is 0.336. The highest BCUT2D eigenvalue weighted by Gasteiger charge is 2.13. The van der Waals surface area contributed by atoms with E-state index in [9.17, 15) is 9.59 Å². The minimum atomic E-state index is -0.977. The molecule has 6 nitrogen and oxygen atoms in total. The molecule has 0 aliphatic carbocycles.